The van der Waals surface area contributed by atoms with E-state index in [1.165, 1.54) is 0 Å². The lowest BCUT2D eigenvalue weighted by atomic mass is 10.1. The monoisotopic (exact) mass is 433 g/mol. The van der Waals surface area contributed by atoms with Crippen LogP contribution < -0.4 is 11.5 Å². The minimum Gasteiger partial charge on any atom is -0.383 e. The largest absolute Gasteiger partial charge is 0.383 e. The summed E-state index contributed by atoms with van der Waals surface area (Å²) in [7, 11) is 0. The van der Waals surface area contributed by atoms with E-state index in [-0.39, 0.29) is 11.1 Å². The molecule has 4 rings (SSSR count). The minimum absolute atomic E-state index is 0.0536. The fourth-order valence-corrected chi connectivity index (χ4v) is 3.41. The molecule has 0 unspecified atom stereocenters. The first-order valence-electron chi connectivity index (χ1n) is 10.3. The summed E-state index contributed by atoms with van der Waals surface area (Å²) in [6.45, 7) is 16.2. The Morgan fingerprint density at radius 3 is 1.88 bits per heavy atom. The van der Waals surface area contributed by atoms with E-state index in [9.17, 15) is 0 Å². The van der Waals surface area contributed by atoms with Gasteiger partial charge >= 0.3 is 0 Å². The summed E-state index contributed by atoms with van der Waals surface area (Å²) < 4.78 is 4.05. The highest BCUT2D eigenvalue weighted by Gasteiger charge is 2.21. The maximum atomic E-state index is 5.93. The van der Waals surface area contributed by atoms with Crippen molar-refractivity contribution >= 4 is 33.8 Å². The summed E-state index contributed by atoms with van der Waals surface area (Å²) >= 11 is 0. The van der Waals surface area contributed by atoms with Crippen LogP contribution in [0.25, 0.3) is 22.2 Å². The molecule has 0 aliphatic heterocycles. The van der Waals surface area contributed by atoms with Crippen molar-refractivity contribution in [3.8, 4) is 12.3 Å². The van der Waals surface area contributed by atoms with Gasteiger partial charge in [-0.25, -0.2) is 24.9 Å². The summed E-state index contributed by atoms with van der Waals surface area (Å²) in [4.78, 5) is 21.3. The smallest absolute Gasteiger partial charge is 0.166 e. The lowest BCUT2D eigenvalue weighted by molar-refractivity contribution is 0.406. The van der Waals surface area contributed by atoms with Gasteiger partial charge in [-0.15, -0.1) is 6.42 Å². The maximum Gasteiger partial charge on any atom is 0.166 e. The average molecular weight is 434 g/mol. The van der Waals surface area contributed by atoms with E-state index in [4.69, 9.17) is 17.9 Å². The third kappa shape index (κ3) is 4.21. The minimum atomic E-state index is -0.0966. The Morgan fingerprint density at radius 1 is 0.812 bits per heavy atom. The number of anilines is 2. The molecule has 0 radical (unpaired) electrons. The third-order valence-corrected chi connectivity index (χ3v) is 4.92. The predicted molar refractivity (Wildman–Crippen MR) is 129 cm³/mol. The normalized spacial score (nSPS) is 12.0. The zero-order valence-corrected chi connectivity index (χ0v) is 20.0. The summed E-state index contributed by atoms with van der Waals surface area (Å²) in [5, 5.41) is 0.771. The Kier molecular flexibility index (Phi) is 5.60. The lowest BCUT2D eigenvalue weighted by Crippen LogP contribution is -2.21. The quantitative estimate of drug-likeness (QED) is 0.406. The van der Waals surface area contributed by atoms with Crippen LogP contribution in [0.4, 0.5) is 11.6 Å². The van der Waals surface area contributed by atoms with E-state index in [0.717, 1.165) is 22.2 Å². The Morgan fingerprint density at radius 2 is 1.34 bits per heavy atom. The van der Waals surface area contributed by atoms with Gasteiger partial charge in [-0.3, -0.25) is 0 Å². The predicted octanol–water partition coefficient (Wildman–Crippen LogP) is 3.53. The van der Waals surface area contributed by atoms with Crippen LogP contribution in [0.2, 0.25) is 0 Å². The van der Waals surface area contributed by atoms with Crippen molar-refractivity contribution in [2.45, 2.75) is 66.5 Å². The van der Waals surface area contributed by atoms with Crippen LogP contribution in [-0.4, -0.2) is 34.1 Å². The lowest BCUT2D eigenvalue weighted by Gasteiger charge is -2.21. The highest BCUT2D eigenvalue weighted by atomic mass is 15.2. The number of nitrogens with zero attached hydrogens (tertiary/aromatic N) is 7. The number of nitrogens with two attached hydrogens (primary N) is 2. The SMILES string of the molecule is C#Cc1cn(C(C)(C)C)c2nc(C)nc(N)c12.Cc1nc(N)c2ncn(C(C)(C)C)c2n1. The van der Waals surface area contributed by atoms with Crippen LogP contribution in [0.15, 0.2) is 12.5 Å². The molecule has 4 aromatic heterocycles. The van der Waals surface area contributed by atoms with E-state index in [1.54, 1.807) is 6.33 Å². The van der Waals surface area contributed by atoms with Crippen LogP contribution in [0.5, 0.6) is 0 Å². The number of aryl methyl sites for hydroxylation is 2. The van der Waals surface area contributed by atoms with Crippen LogP contribution in [0.1, 0.15) is 58.8 Å². The molecule has 9 nitrogen and oxygen atoms in total. The Hall–Kier alpha value is -3.67. The van der Waals surface area contributed by atoms with Crippen molar-refractivity contribution in [3.05, 3.63) is 29.7 Å². The molecule has 0 bridgehead atoms. The van der Waals surface area contributed by atoms with E-state index in [1.807, 2.05) is 29.2 Å². The van der Waals surface area contributed by atoms with Crippen LogP contribution in [0, 0.1) is 26.2 Å². The molecule has 0 aromatic carbocycles. The molecular weight excluding hydrogens is 402 g/mol. The Labute approximate surface area is 188 Å². The van der Waals surface area contributed by atoms with E-state index >= 15 is 0 Å². The molecule has 168 valence electrons. The standard InChI is InChI=1S/C13H16N4.C10H15N5/c1-6-9-7-17(13(3,4)5)12-10(9)11(14)15-8(2)16-12;1-6-13-8(11)7-9(14-6)15(5-12-7)10(2,3)4/h1,7H,2-5H3,(H2,14,15,16);5H,1-4H3,(H2,11,13,14). The second kappa shape index (κ2) is 7.79. The molecular formula is C23H31N9. The van der Waals surface area contributed by atoms with Gasteiger partial charge in [-0.05, 0) is 55.4 Å². The van der Waals surface area contributed by atoms with Crippen molar-refractivity contribution in [2.75, 3.05) is 11.5 Å². The van der Waals surface area contributed by atoms with Gasteiger partial charge in [-0.1, -0.05) is 5.92 Å². The molecule has 0 saturated carbocycles. The number of hydrogen-bond acceptors (Lipinski definition) is 7. The fourth-order valence-electron chi connectivity index (χ4n) is 3.41. The summed E-state index contributed by atoms with van der Waals surface area (Å²) in [6, 6.07) is 0. The van der Waals surface area contributed by atoms with Gasteiger partial charge < -0.3 is 20.6 Å². The van der Waals surface area contributed by atoms with Gasteiger partial charge in [0.2, 0.25) is 0 Å². The molecule has 0 atom stereocenters. The molecule has 4 N–H and O–H groups in total. The molecule has 0 aliphatic rings. The zero-order chi connectivity index (χ0) is 24.0. The number of hydrogen-bond donors (Lipinski definition) is 2. The first-order chi connectivity index (χ1) is 14.7. The molecule has 0 aliphatic carbocycles. The Balaban J connectivity index is 0.000000182. The Bertz CT molecular complexity index is 1340. The molecule has 9 heteroatoms. The number of imidazole rings is 1. The number of rotatable bonds is 0. The average Bonchev–Trinajstić information content (AvgIpc) is 3.23. The number of fused-ring (bicyclic) bond motifs is 2. The van der Waals surface area contributed by atoms with Crippen LogP contribution in [-0.2, 0) is 11.1 Å². The molecule has 32 heavy (non-hydrogen) atoms. The van der Waals surface area contributed by atoms with Gasteiger partial charge in [-0.2, -0.15) is 0 Å². The van der Waals surface area contributed by atoms with E-state index in [2.05, 4.69) is 72.4 Å². The van der Waals surface area contributed by atoms with Gasteiger partial charge in [0.05, 0.1) is 17.3 Å². The topological polar surface area (TPSA) is 126 Å². The zero-order valence-electron chi connectivity index (χ0n) is 20.0. The molecule has 0 saturated heterocycles. The van der Waals surface area contributed by atoms with Crippen molar-refractivity contribution in [2.24, 2.45) is 0 Å². The van der Waals surface area contributed by atoms with E-state index < -0.39 is 0 Å². The highest BCUT2D eigenvalue weighted by molar-refractivity contribution is 5.92. The second-order valence-corrected chi connectivity index (χ2v) is 9.70. The van der Waals surface area contributed by atoms with Gasteiger partial charge in [0.25, 0.3) is 0 Å². The van der Waals surface area contributed by atoms with Gasteiger partial charge in [0.15, 0.2) is 11.5 Å². The molecule has 0 spiro atoms. The molecule has 0 fully saturated rings. The van der Waals surface area contributed by atoms with Crippen molar-refractivity contribution in [3.63, 3.8) is 0 Å². The maximum absolute atomic E-state index is 5.93. The van der Waals surface area contributed by atoms with Crippen molar-refractivity contribution < 1.29 is 0 Å². The van der Waals surface area contributed by atoms with Crippen molar-refractivity contribution in [1.29, 1.82) is 0 Å². The van der Waals surface area contributed by atoms with Gasteiger partial charge in [0, 0.05) is 17.3 Å². The van der Waals surface area contributed by atoms with Crippen molar-refractivity contribution in [1.82, 2.24) is 34.1 Å². The summed E-state index contributed by atoms with van der Waals surface area (Å²) in [5.41, 5.74) is 14.6. The first kappa shape index (κ1) is 23.0. The number of aromatic nitrogens is 7. The molecule has 4 heterocycles. The highest BCUT2D eigenvalue weighted by Crippen LogP contribution is 2.29. The molecule has 0 amide bonds. The number of nitrogen functional groups attached to an aromatic ring is 2. The number of terminal acetylenes is 1. The first-order valence-corrected chi connectivity index (χ1v) is 10.3. The van der Waals surface area contributed by atoms with E-state index in [0.29, 0.717) is 28.8 Å². The molecule has 4 aromatic rings. The van der Waals surface area contributed by atoms with Crippen LogP contribution in [0.3, 0.4) is 0 Å². The second-order valence-electron chi connectivity index (χ2n) is 9.70. The van der Waals surface area contributed by atoms with Crippen LogP contribution >= 0.6 is 0 Å². The van der Waals surface area contributed by atoms with Gasteiger partial charge in [0.1, 0.15) is 28.6 Å². The summed E-state index contributed by atoms with van der Waals surface area (Å²) in [5.74, 6) is 4.86. The fraction of sp³-hybridized carbons (Fsp3) is 0.435. The summed E-state index contributed by atoms with van der Waals surface area (Å²) in [6.07, 6.45) is 9.18. The third-order valence-electron chi connectivity index (χ3n) is 4.92.